The van der Waals surface area contributed by atoms with Gasteiger partial charge in [0.2, 0.25) is 0 Å². The maximum Gasteiger partial charge on any atom is 0.329 e. The number of aromatic amines is 1. The summed E-state index contributed by atoms with van der Waals surface area (Å²) in [5.74, 6) is 0.426. The number of hydrogen-bond donors (Lipinski definition) is 1. The lowest BCUT2D eigenvalue weighted by atomic mass is 9.85. The molecule has 0 spiro atoms. The fourth-order valence-corrected chi connectivity index (χ4v) is 2.97. The Labute approximate surface area is 127 Å². The maximum atomic E-state index is 12.7. The summed E-state index contributed by atoms with van der Waals surface area (Å²) in [5.41, 5.74) is 1.43. The van der Waals surface area contributed by atoms with Crippen LogP contribution in [-0.2, 0) is 6.54 Å². The second kappa shape index (κ2) is 5.53. The number of nitrogens with zero attached hydrogens (tertiary/aromatic N) is 1. The van der Waals surface area contributed by atoms with E-state index in [0.29, 0.717) is 18.0 Å². The zero-order valence-corrected chi connectivity index (χ0v) is 12.6. The van der Waals surface area contributed by atoms with Gasteiger partial charge < -0.3 is 0 Å². The van der Waals surface area contributed by atoms with Gasteiger partial charge in [-0.25, -0.2) is 4.79 Å². The molecule has 21 heavy (non-hydrogen) atoms. The van der Waals surface area contributed by atoms with Crippen LogP contribution in [0, 0.1) is 12.8 Å². The number of hydrogen-bond acceptors (Lipinski definition) is 2. The number of halogens is 1. The zero-order chi connectivity index (χ0) is 15.0. The summed E-state index contributed by atoms with van der Waals surface area (Å²) >= 11 is 6.11. The lowest BCUT2D eigenvalue weighted by Crippen LogP contribution is -2.39. The van der Waals surface area contributed by atoms with Crippen molar-refractivity contribution >= 4 is 11.6 Å². The molecule has 1 aliphatic carbocycles. The van der Waals surface area contributed by atoms with Gasteiger partial charge in [-0.05, 0) is 31.2 Å². The molecule has 4 nitrogen and oxygen atoms in total. The topological polar surface area (TPSA) is 54.9 Å². The van der Waals surface area contributed by atoms with E-state index < -0.39 is 5.69 Å². The highest BCUT2D eigenvalue weighted by atomic mass is 35.5. The van der Waals surface area contributed by atoms with Crippen molar-refractivity contribution < 1.29 is 0 Å². The third kappa shape index (κ3) is 2.68. The van der Waals surface area contributed by atoms with Crippen LogP contribution in [0.25, 0.3) is 11.1 Å². The molecule has 1 saturated carbocycles. The van der Waals surface area contributed by atoms with Crippen LogP contribution in [-0.4, -0.2) is 9.55 Å². The number of rotatable bonds is 3. The molecule has 110 valence electrons. The molecule has 2 aromatic rings. The average molecular weight is 305 g/mol. The third-order valence-corrected chi connectivity index (χ3v) is 4.40. The van der Waals surface area contributed by atoms with E-state index in [1.165, 1.54) is 11.0 Å². The molecular weight excluding hydrogens is 288 g/mol. The highest BCUT2D eigenvalue weighted by Crippen LogP contribution is 2.27. The molecule has 0 radical (unpaired) electrons. The van der Waals surface area contributed by atoms with E-state index in [2.05, 4.69) is 4.98 Å². The van der Waals surface area contributed by atoms with Crippen molar-refractivity contribution in [1.82, 2.24) is 9.55 Å². The molecule has 1 fully saturated rings. The first kappa shape index (κ1) is 14.1. The Morgan fingerprint density at radius 2 is 2.10 bits per heavy atom. The van der Waals surface area contributed by atoms with E-state index in [4.69, 9.17) is 11.6 Å². The van der Waals surface area contributed by atoms with Crippen LogP contribution < -0.4 is 11.2 Å². The smallest absolute Gasteiger partial charge is 0.297 e. The van der Waals surface area contributed by atoms with Gasteiger partial charge in [-0.15, -0.1) is 0 Å². The van der Waals surface area contributed by atoms with Gasteiger partial charge in [0.1, 0.15) is 5.15 Å². The monoisotopic (exact) mass is 304 g/mol. The summed E-state index contributed by atoms with van der Waals surface area (Å²) in [4.78, 5) is 27.3. The number of aromatic nitrogens is 2. The first-order valence-corrected chi connectivity index (χ1v) is 7.53. The molecule has 0 saturated heterocycles. The highest BCUT2D eigenvalue weighted by Gasteiger charge is 2.21. The summed E-state index contributed by atoms with van der Waals surface area (Å²) in [6.45, 7) is 2.43. The van der Waals surface area contributed by atoms with Gasteiger partial charge in [0, 0.05) is 6.54 Å². The number of nitrogens with one attached hydrogen (secondary N) is 1. The van der Waals surface area contributed by atoms with Crippen LogP contribution in [0.3, 0.4) is 0 Å². The first-order chi connectivity index (χ1) is 10.1. The third-order valence-electron chi connectivity index (χ3n) is 4.11. The van der Waals surface area contributed by atoms with Crippen molar-refractivity contribution in [1.29, 1.82) is 0 Å². The number of benzene rings is 1. The molecule has 3 rings (SSSR count). The standard InChI is InChI=1S/C16H17ClN2O2/c1-10-4-2-7-12(8-10)13-14(17)18-16(21)19(15(13)20)9-11-5-3-6-11/h2,4,7-8,11H,3,5-6,9H2,1H3,(H,18,21). The molecule has 5 heteroatoms. The van der Waals surface area contributed by atoms with Gasteiger partial charge >= 0.3 is 5.69 Å². The van der Waals surface area contributed by atoms with E-state index in [-0.39, 0.29) is 10.7 Å². The molecule has 1 heterocycles. The largest absolute Gasteiger partial charge is 0.329 e. The van der Waals surface area contributed by atoms with Gasteiger partial charge in [0.05, 0.1) is 5.56 Å². The van der Waals surface area contributed by atoms with Crippen LogP contribution in [0.5, 0.6) is 0 Å². The van der Waals surface area contributed by atoms with E-state index in [1.807, 2.05) is 31.2 Å². The van der Waals surface area contributed by atoms with Crippen molar-refractivity contribution in [3.05, 3.63) is 55.8 Å². The van der Waals surface area contributed by atoms with Gasteiger partial charge in [-0.3, -0.25) is 14.3 Å². The summed E-state index contributed by atoms with van der Waals surface area (Å²) < 4.78 is 1.29. The second-order valence-corrected chi connectivity index (χ2v) is 6.08. The van der Waals surface area contributed by atoms with Gasteiger partial charge in [-0.1, -0.05) is 47.9 Å². The van der Waals surface area contributed by atoms with Crippen LogP contribution >= 0.6 is 11.6 Å². The molecule has 0 amide bonds. The Morgan fingerprint density at radius 1 is 1.33 bits per heavy atom. The molecular formula is C16H17ClN2O2. The van der Waals surface area contributed by atoms with Crippen LogP contribution in [0.2, 0.25) is 5.15 Å². The summed E-state index contributed by atoms with van der Waals surface area (Å²) in [5, 5.41) is 0.112. The van der Waals surface area contributed by atoms with Gasteiger partial charge in [-0.2, -0.15) is 0 Å². The van der Waals surface area contributed by atoms with E-state index in [0.717, 1.165) is 24.0 Å². The van der Waals surface area contributed by atoms with Crippen molar-refractivity contribution in [2.45, 2.75) is 32.7 Å². The molecule has 0 bridgehead atoms. The molecule has 1 N–H and O–H groups in total. The fraction of sp³-hybridized carbons (Fsp3) is 0.375. The van der Waals surface area contributed by atoms with E-state index >= 15 is 0 Å². The molecule has 0 atom stereocenters. The minimum atomic E-state index is -0.423. The Morgan fingerprint density at radius 3 is 2.71 bits per heavy atom. The van der Waals surface area contributed by atoms with Crippen LogP contribution in [0.1, 0.15) is 24.8 Å². The molecule has 0 aliphatic heterocycles. The maximum absolute atomic E-state index is 12.7. The quantitative estimate of drug-likeness (QED) is 0.886. The second-order valence-electron chi connectivity index (χ2n) is 5.70. The predicted octanol–water partition coefficient (Wildman–Crippen LogP) is 2.97. The summed E-state index contributed by atoms with van der Waals surface area (Å²) in [6.07, 6.45) is 3.33. The Balaban J connectivity index is 2.14. The van der Waals surface area contributed by atoms with Crippen LogP contribution in [0.15, 0.2) is 33.9 Å². The molecule has 1 aliphatic rings. The average Bonchev–Trinajstić information content (AvgIpc) is 2.36. The number of aryl methyl sites for hydroxylation is 1. The summed E-state index contributed by atoms with van der Waals surface area (Å²) in [7, 11) is 0. The van der Waals surface area contributed by atoms with Crippen LogP contribution in [0.4, 0.5) is 0 Å². The molecule has 0 unspecified atom stereocenters. The van der Waals surface area contributed by atoms with Gasteiger partial charge in [0.15, 0.2) is 0 Å². The van der Waals surface area contributed by atoms with Crippen molar-refractivity contribution in [2.75, 3.05) is 0 Å². The predicted molar refractivity (Wildman–Crippen MR) is 83.8 cm³/mol. The lowest BCUT2D eigenvalue weighted by Gasteiger charge is -2.25. The van der Waals surface area contributed by atoms with E-state index in [1.54, 1.807) is 0 Å². The van der Waals surface area contributed by atoms with Gasteiger partial charge in [0.25, 0.3) is 5.56 Å². The lowest BCUT2D eigenvalue weighted by molar-refractivity contribution is 0.270. The molecule has 1 aromatic heterocycles. The zero-order valence-electron chi connectivity index (χ0n) is 11.9. The fourth-order valence-electron chi connectivity index (χ4n) is 2.70. The van der Waals surface area contributed by atoms with E-state index in [9.17, 15) is 9.59 Å². The minimum absolute atomic E-state index is 0.112. The SMILES string of the molecule is Cc1cccc(-c2c(Cl)[nH]c(=O)n(CC3CCC3)c2=O)c1. The summed E-state index contributed by atoms with van der Waals surface area (Å²) in [6, 6.07) is 7.56. The highest BCUT2D eigenvalue weighted by molar-refractivity contribution is 6.32. The molecule has 1 aromatic carbocycles. The minimum Gasteiger partial charge on any atom is -0.297 e. The van der Waals surface area contributed by atoms with Crippen molar-refractivity contribution in [2.24, 2.45) is 5.92 Å². The Kier molecular flexibility index (Phi) is 3.72. The Hall–Kier alpha value is -1.81. The number of H-pyrrole nitrogens is 1. The first-order valence-electron chi connectivity index (χ1n) is 7.16. The normalized spacial score (nSPS) is 15.0. The Bertz CT molecular complexity index is 788. The van der Waals surface area contributed by atoms with Crippen molar-refractivity contribution in [3.8, 4) is 11.1 Å². The van der Waals surface area contributed by atoms with Crippen molar-refractivity contribution in [3.63, 3.8) is 0 Å².